The first kappa shape index (κ1) is 16.7. The molecule has 0 aromatic heterocycles. The predicted molar refractivity (Wildman–Crippen MR) is 89.1 cm³/mol. The normalized spacial score (nSPS) is 10.3. The Bertz CT molecular complexity index is 465. The molecule has 110 valence electrons. The number of amides is 1. The Morgan fingerprint density at radius 1 is 1.40 bits per heavy atom. The van der Waals surface area contributed by atoms with Crippen LogP contribution in [0.15, 0.2) is 29.2 Å². The standard InChI is InChI=1S/C13H20N4OS2/c1-17(2)8-7-15-13(19)16-10-5-3-4-6-11(10)20-9-12(14)18/h3-6H,7-9H2,1-2H3,(H2,14,18)(H2,15,16,19). The minimum Gasteiger partial charge on any atom is -0.369 e. The summed E-state index contributed by atoms with van der Waals surface area (Å²) in [5, 5.41) is 6.84. The molecule has 0 unspecified atom stereocenters. The summed E-state index contributed by atoms with van der Waals surface area (Å²) in [5.74, 6) is -0.0871. The third-order valence-corrected chi connectivity index (χ3v) is 3.69. The second-order valence-corrected chi connectivity index (χ2v) is 5.86. The highest BCUT2D eigenvalue weighted by atomic mass is 32.2. The Morgan fingerprint density at radius 3 is 2.75 bits per heavy atom. The topological polar surface area (TPSA) is 70.4 Å². The molecule has 0 heterocycles. The minimum atomic E-state index is -0.337. The van der Waals surface area contributed by atoms with Crippen LogP contribution in [-0.2, 0) is 4.79 Å². The molecule has 5 nitrogen and oxygen atoms in total. The van der Waals surface area contributed by atoms with Crippen molar-refractivity contribution in [3.05, 3.63) is 24.3 Å². The van der Waals surface area contributed by atoms with E-state index in [2.05, 4.69) is 15.5 Å². The van der Waals surface area contributed by atoms with E-state index in [1.165, 1.54) is 11.8 Å². The van der Waals surface area contributed by atoms with Crippen LogP contribution in [0.25, 0.3) is 0 Å². The molecule has 0 fully saturated rings. The van der Waals surface area contributed by atoms with Gasteiger partial charge in [0, 0.05) is 18.0 Å². The van der Waals surface area contributed by atoms with Crippen LogP contribution in [0.3, 0.4) is 0 Å². The Hall–Kier alpha value is -1.31. The predicted octanol–water partition coefficient (Wildman–Crippen LogP) is 1.11. The van der Waals surface area contributed by atoms with E-state index in [0.717, 1.165) is 23.7 Å². The molecule has 1 rings (SSSR count). The number of nitrogens with zero attached hydrogens (tertiary/aromatic N) is 1. The van der Waals surface area contributed by atoms with E-state index in [1.54, 1.807) is 0 Å². The number of rotatable bonds is 7. The molecular formula is C13H20N4OS2. The summed E-state index contributed by atoms with van der Waals surface area (Å²) in [5.41, 5.74) is 6.04. The van der Waals surface area contributed by atoms with E-state index < -0.39 is 0 Å². The Balaban J connectivity index is 2.53. The first-order valence-corrected chi connectivity index (χ1v) is 7.58. The molecule has 1 aromatic carbocycles. The number of primary amides is 1. The van der Waals surface area contributed by atoms with Gasteiger partial charge in [0.15, 0.2) is 5.11 Å². The van der Waals surface area contributed by atoms with Gasteiger partial charge in [-0.05, 0) is 38.4 Å². The van der Waals surface area contributed by atoms with E-state index in [0.29, 0.717) is 5.11 Å². The van der Waals surface area contributed by atoms with Gasteiger partial charge in [-0.15, -0.1) is 11.8 Å². The smallest absolute Gasteiger partial charge is 0.227 e. The second kappa shape index (κ2) is 8.78. The average Bonchev–Trinajstić information content (AvgIpc) is 2.37. The van der Waals surface area contributed by atoms with Crippen molar-refractivity contribution in [3.8, 4) is 0 Å². The van der Waals surface area contributed by atoms with Gasteiger partial charge in [0.1, 0.15) is 0 Å². The Labute approximate surface area is 129 Å². The lowest BCUT2D eigenvalue weighted by molar-refractivity contribution is -0.115. The summed E-state index contributed by atoms with van der Waals surface area (Å²) >= 11 is 6.63. The van der Waals surface area contributed by atoms with Crippen LogP contribution in [0.1, 0.15) is 0 Å². The maximum absolute atomic E-state index is 10.8. The number of anilines is 1. The van der Waals surface area contributed by atoms with E-state index in [4.69, 9.17) is 18.0 Å². The van der Waals surface area contributed by atoms with Crippen LogP contribution in [0, 0.1) is 0 Å². The van der Waals surface area contributed by atoms with Gasteiger partial charge in [0.2, 0.25) is 5.91 Å². The number of benzene rings is 1. The molecule has 0 bridgehead atoms. The number of thiocarbonyl (C=S) groups is 1. The van der Waals surface area contributed by atoms with Crippen molar-refractivity contribution in [2.24, 2.45) is 5.73 Å². The molecule has 0 saturated heterocycles. The van der Waals surface area contributed by atoms with Gasteiger partial charge in [0.05, 0.1) is 11.4 Å². The van der Waals surface area contributed by atoms with Gasteiger partial charge in [-0.2, -0.15) is 0 Å². The van der Waals surface area contributed by atoms with Crippen LogP contribution in [0.5, 0.6) is 0 Å². The molecule has 4 N–H and O–H groups in total. The molecule has 0 atom stereocenters. The molecule has 20 heavy (non-hydrogen) atoms. The Kier molecular flexibility index (Phi) is 7.35. The van der Waals surface area contributed by atoms with Crippen molar-refractivity contribution in [2.75, 3.05) is 38.3 Å². The summed E-state index contributed by atoms with van der Waals surface area (Å²) < 4.78 is 0. The number of carbonyl (C=O) groups excluding carboxylic acids is 1. The van der Waals surface area contributed by atoms with Crippen LogP contribution in [-0.4, -0.2) is 48.9 Å². The van der Waals surface area contributed by atoms with Crippen molar-refractivity contribution >= 4 is 40.7 Å². The number of hydrogen-bond donors (Lipinski definition) is 3. The fourth-order valence-corrected chi connectivity index (χ4v) is 2.36. The van der Waals surface area contributed by atoms with Gasteiger partial charge in [-0.1, -0.05) is 12.1 Å². The van der Waals surface area contributed by atoms with Crippen LogP contribution >= 0.6 is 24.0 Å². The van der Waals surface area contributed by atoms with Crippen molar-refractivity contribution in [1.82, 2.24) is 10.2 Å². The van der Waals surface area contributed by atoms with Gasteiger partial charge < -0.3 is 21.3 Å². The molecule has 1 amide bonds. The summed E-state index contributed by atoms with van der Waals surface area (Å²) in [6.07, 6.45) is 0. The molecule has 0 spiro atoms. The maximum Gasteiger partial charge on any atom is 0.227 e. The lowest BCUT2D eigenvalue weighted by atomic mass is 10.3. The van der Waals surface area contributed by atoms with Gasteiger partial charge in [-0.25, -0.2) is 0 Å². The lowest BCUT2D eigenvalue weighted by Gasteiger charge is -2.15. The zero-order valence-electron chi connectivity index (χ0n) is 11.7. The number of nitrogens with two attached hydrogens (primary N) is 1. The second-order valence-electron chi connectivity index (χ2n) is 4.44. The lowest BCUT2D eigenvalue weighted by Crippen LogP contribution is -2.34. The number of hydrogen-bond acceptors (Lipinski definition) is 4. The highest BCUT2D eigenvalue weighted by molar-refractivity contribution is 8.00. The van der Waals surface area contributed by atoms with Crippen molar-refractivity contribution in [1.29, 1.82) is 0 Å². The molecule has 7 heteroatoms. The van der Waals surface area contributed by atoms with Crippen LogP contribution in [0.4, 0.5) is 5.69 Å². The summed E-state index contributed by atoms with van der Waals surface area (Å²) in [7, 11) is 4.02. The van der Waals surface area contributed by atoms with Crippen molar-refractivity contribution in [2.45, 2.75) is 4.90 Å². The molecule has 0 radical (unpaired) electrons. The van der Waals surface area contributed by atoms with E-state index in [9.17, 15) is 4.79 Å². The van der Waals surface area contributed by atoms with E-state index in [1.807, 2.05) is 38.4 Å². The molecule has 1 aromatic rings. The fourth-order valence-electron chi connectivity index (χ4n) is 1.40. The minimum absolute atomic E-state index is 0.250. The molecule has 0 saturated carbocycles. The fraction of sp³-hybridized carbons (Fsp3) is 0.385. The molecular weight excluding hydrogens is 292 g/mol. The summed E-state index contributed by atoms with van der Waals surface area (Å²) in [4.78, 5) is 13.9. The SMILES string of the molecule is CN(C)CCNC(=S)Nc1ccccc1SCC(N)=O. The zero-order valence-corrected chi connectivity index (χ0v) is 13.3. The molecule has 0 aliphatic carbocycles. The van der Waals surface area contributed by atoms with Crippen LogP contribution < -0.4 is 16.4 Å². The van der Waals surface area contributed by atoms with Crippen LogP contribution in [0.2, 0.25) is 0 Å². The van der Waals surface area contributed by atoms with Gasteiger partial charge in [0.25, 0.3) is 0 Å². The number of thioether (sulfide) groups is 1. The highest BCUT2D eigenvalue weighted by Gasteiger charge is 2.05. The third kappa shape index (κ3) is 6.74. The monoisotopic (exact) mass is 312 g/mol. The average molecular weight is 312 g/mol. The zero-order chi connectivity index (χ0) is 15.0. The van der Waals surface area contributed by atoms with Gasteiger partial charge in [-0.3, -0.25) is 4.79 Å². The van der Waals surface area contributed by atoms with Crippen molar-refractivity contribution < 1.29 is 4.79 Å². The van der Waals surface area contributed by atoms with Crippen molar-refractivity contribution in [3.63, 3.8) is 0 Å². The highest BCUT2D eigenvalue weighted by Crippen LogP contribution is 2.26. The summed E-state index contributed by atoms with van der Waals surface area (Å²) in [6.45, 7) is 1.68. The molecule has 0 aliphatic heterocycles. The first-order valence-electron chi connectivity index (χ1n) is 6.18. The number of nitrogens with one attached hydrogen (secondary N) is 2. The largest absolute Gasteiger partial charge is 0.369 e. The van der Waals surface area contributed by atoms with E-state index >= 15 is 0 Å². The molecule has 0 aliphatic rings. The van der Waals surface area contributed by atoms with E-state index in [-0.39, 0.29) is 11.7 Å². The first-order chi connectivity index (χ1) is 9.49. The third-order valence-electron chi connectivity index (χ3n) is 2.35. The Morgan fingerprint density at radius 2 is 2.10 bits per heavy atom. The quantitative estimate of drug-likeness (QED) is 0.518. The van der Waals surface area contributed by atoms with Gasteiger partial charge >= 0.3 is 0 Å². The number of carbonyl (C=O) groups is 1. The number of para-hydroxylation sites is 1. The maximum atomic E-state index is 10.8. The summed E-state index contributed by atoms with van der Waals surface area (Å²) in [6, 6.07) is 7.68. The number of likely N-dealkylation sites (N-methyl/N-ethyl adjacent to an activating group) is 1.